The number of nitrogens with zero attached hydrogens (tertiary/aromatic N) is 3. The lowest BCUT2D eigenvalue weighted by Gasteiger charge is -2.30. The van der Waals surface area contributed by atoms with E-state index < -0.39 is 41.5 Å². The number of alkyl halides is 6. The van der Waals surface area contributed by atoms with Crippen LogP contribution in [-0.2, 0) is 18.4 Å². The standard InChI is InChI=1S/C30H33ClF6N6O4/c1-43-23-22(14-19(25(42-23)47-12-2-11-44)24(45)39-18-6-4-17(5-7-18)29(32,33)34)41-27(43)40-21-13-16(3-8-20(21)31)15-38-26(46)28(9-10-28)30(35,36)37/h3,8,13-14,17-18,44H,2,4-7,9-12,15H2,1H3,(H,38,46)(H,39,45)(H,40,41). The highest BCUT2D eigenvalue weighted by Gasteiger charge is 2.68. The number of aliphatic hydroxyl groups excluding tert-OH is 1. The third-order valence-electron chi connectivity index (χ3n) is 8.58. The van der Waals surface area contributed by atoms with Gasteiger partial charge in [-0.05, 0) is 62.3 Å². The Hall–Kier alpha value is -3.79. The van der Waals surface area contributed by atoms with Crippen LogP contribution in [0.2, 0.25) is 5.02 Å². The largest absolute Gasteiger partial charge is 0.477 e. The number of nitrogens with one attached hydrogen (secondary N) is 3. The first kappa shape index (κ1) is 34.5. The Morgan fingerprint density at radius 2 is 1.79 bits per heavy atom. The smallest absolute Gasteiger partial charge is 0.403 e. The second kappa shape index (κ2) is 13.4. The van der Waals surface area contributed by atoms with Gasteiger partial charge in [-0.2, -0.15) is 31.3 Å². The monoisotopic (exact) mass is 690 g/mol. The van der Waals surface area contributed by atoms with E-state index >= 15 is 0 Å². The molecule has 2 amide bonds. The zero-order chi connectivity index (χ0) is 34.1. The first-order chi connectivity index (χ1) is 22.1. The van der Waals surface area contributed by atoms with E-state index in [0.717, 1.165) is 0 Å². The molecule has 2 aliphatic carbocycles. The van der Waals surface area contributed by atoms with Gasteiger partial charge in [0.1, 0.15) is 16.5 Å². The van der Waals surface area contributed by atoms with Crippen molar-refractivity contribution in [2.45, 2.75) is 69.9 Å². The quantitative estimate of drug-likeness (QED) is 0.145. The number of benzene rings is 1. The summed E-state index contributed by atoms with van der Waals surface area (Å²) in [5, 5.41) is 17.6. The van der Waals surface area contributed by atoms with E-state index in [0.29, 0.717) is 16.9 Å². The van der Waals surface area contributed by atoms with Crippen LogP contribution in [0.25, 0.3) is 11.2 Å². The zero-order valence-corrected chi connectivity index (χ0v) is 26.0. The maximum absolute atomic E-state index is 13.3. The number of aromatic nitrogens is 3. The maximum Gasteiger partial charge on any atom is 0.403 e. The number of carbonyl (C=O) groups is 2. The van der Waals surface area contributed by atoms with Crippen molar-refractivity contribution in [3.63, 3.8) is 0 Å². The lowest BCUT2D eigenvalue weighted by molar-refractivity contribution is -0.192. The summed E-state index contributed by atoms with van der Waals surface area (Å²) < 4.78 is 86.5. The van der Waals surface area contributed by atoms with Crippen LogP contribution >= 0.6 is 11.6 Å². The average molecular weight is 691 g/mol. The number of rotatable bonds is 11. The molecule has 2 aliphatic rings. The number of carbonyl (C=O) groups excluding carboxylic acids is 2. The van der Waals surface area contributed by atoms with Crippen molar-refractivity contribution < 1.29 is 45.8 Å². The summed E-state index contributed by atoms with van der Waals surface area (Å²) >= 11 is 6.38. The molecule has 0 radical (unpaired) electrons. The number of amides is 2. The molecular weight excluding hydrogens is 658 g/mol. The fourth-order valence-electron chi connectivity index (χ4n) is 5.56. The number of aliphatic hydroxyl groups is 1. The Morgan fingerprint density at radius 1 is 1.09 bits per heavy atom. The third kappa shape index (κ3) is 7.53. The molecule has 17 heteroatoms. The van der Waals surface area contributed by atoms with E-state index in [-0.39, 0.29) is 92.6 Å². The summed E-state index contributed by atoms with van der Waals surface area (Å²) in [6.45, 7) is -0.297. The second-order valence-corrected chi connectivity index (χ2v) is 12.3. The Bertz CT molecular complexity index is 1630. The van der Waals surface area contributed by atoms with Crippen LogP contribution in [0.5, 0.6) is 5.88 Å². The molecule has 5 rings (SSSR count). The van der Waals surface area contributed by atoms with Gasteiger partial charge in [0.05, 0.1) is 23.2 Å². The van der Waals surface area contributed by atoms with Gasteiger partial charge in [0.15, 0.2) is 5.65 Å². The van der Waals surface area contributed by atoms with Crippen LogP contribution in [0, 0.1) is 11.3 Å². The molecule has 2 fully saturated rings. The molecule has 0 unspecified atom stereocenters. The van der Waals surface area contributed by atoms with E-state index in [1.165, 1.54) is 12.1 Å². The first-order valence-electron chi connectivity index (χ1n) is 15.0. The van der Waals surface area contributed by atoms with Crippen molar-refractivity contribution >= 4 is 46.2 Å². The SMILES string of the molecule is Cn1c(Nc2cc(CNC(=O)C3(C(F)(F)F)CC3)ccc2Cl)nc2cc(C(=O)NC3CCC(C(F)(F)F)CC3)c(OCCCO)nc21. The molecule has 4 N–H and O–H groups in total. The van der Waals surface area contributed by atoms with Crippen molar-refractivity contribution in [1.29, 1.82) is 0 Å². The topological polar surface area (TPSA) is 130 Å². The van der Waals surface area contributed by atoms with Gasteiger partial charge < -0.3 is 25.8 Å². The second-order valence-electron chi connectivity index (χ2n) is 11.9. The molecule has 256 valence electrons. The number of hydrogen-bond acceptors (Lipinski definition) is 7. The van der Waals surface area contributed by atoms with Gasteiger partial charge in [-0.25, -0.2) is 4.98 Å². The number of aryl methyl sites for hydroxylation is 1. The molecule has 1 aromatic carbocycles. The fraction of sp³-hybridized carbons (Fsp3) is 0.533. The number of ether oxygens (including phenoxy) is 1. The summed E-state index contributed by atoms with van der Waals surface area (Å²) in [7, 11) is 1.63. The van der Waals surface area contributed by atoms with Crippen LogP contribution in [0.3, 0.4) is 0 Å². The van der Waals surface area contributed by atoms with Crippen molar-refractivity contribution in [2.24, 2.45) is 18.4 Å². The summed E-state index contributed by atoms with van der Waals surface area (Å²) in [4.78, 5) is 34.6. The molecule has 0 bridgehead atoms. The zero-order valence-electron chi connectivity index (χ0n) is 25.2. The molecule has 2 aromatic heterocycles. The number of hydrogen-bond donors (Lipinski definition) is 4. The lowest BCUT2D eigenvalue weighted by Crippen LogP contribution is -2.40. The first-order valence-corrected chi connectivity index (χ1v) is 15.4. The molecule has 10 nitrogen and oxygen atoms in total. The molecule has 47 heavy (non-hydrogen) atoms. The van der Waals surface area contributed by atoms with Crippen LogP contribution in [0.1, 0.15) is 60.9 Å². The van der Waals surface area contributed by atoms with Crippen LogP contribution < -0.4 is 20.7 Å². The van der Waals surface area contributed by atoms with Gasteiger partial charge in [0, 0.05) is 32.7 Å². The lowest BCUT2D eigenvalue weighted by atomic mass is 9.85. The normalized spacial score (nSPS) is 19.3. The molecule has 2 saturated carbocycles. The Morgan fingerprint density at radius 3 is 2.40 bits per heavy atom. The highest BCUT2D eigenvalue weighted by molar-refractivity contribution is 6.33. The van der Waals surface area contributed by atoms with Crippen molar-refractivity contribution in [3.8, 4) is 5.88 Å². The van der Waals surface area contributed by atoms with Gasteiger partial charge >= 0.3 is 12.4 Å². The minimum Gasteiger partial charge on any atom is -0.477 e. The van der Waals surface area contributed by atoms with Gasteiger partial charge in [-0.1, -0.05) is 17.7 Å². The van der Waals surface area contributed by atoms with Crippen molar-refractivity contribution in [1.82, 2.24) is 25.2 Å². The molecule has 0 spiro atoms. The number of pyridine rings is 1. The van der Waals surface area contributed by atoms with E-state index in [4.69, 9.17) is 16.3 Å². The van der Waals surface area contributed by atoms with Gasteiger partial charge in [0.2, 0.25) is 17.7 Å². The van der Waals surface area contributed by atoms with Crippen LogP contribution in [0.4, 0.5) is 38.0 Å². The summed E-state index contributed by atoms with van der Waals surface area (Å²) in [6, 6.07) is 5.61. The fourth-order valence-corrected chi connectivity index (χ4v) is 5.72. The number of halogens is 7. The summed E-state index contributed by atoms with van der Waals surface area (Å²) in [5.41, 5.74) is -0.944. The van der Waals surface area contributed by atoms with E-state index in [1.807, 2.05) is 0 Å². The predicted octanol–water partition coefficient (Wildman–Crippen LogP) is 5.94. The Balaban J connectivity index is 1.34. The van der Waals surface area contributed by atoms with Crippen molar-refractivity contribution in [2.75, 3.05) is 18.5 Å². The van der Waals surface area contributed by atoms with Crippen LogP contribution in [-0.4, -0.2) is 63.1 Å². The average Bonchev–Trinajstić information content (AvgIpc) is 3.78. The Kier molecular flexibility index (Phi) is 9.83. The summed E-state index contributed by atoms with van der Waals surface area (Å²) in [5.74, 6) is -2.89. The highest BCUT2D eigenvalue weighted by atomic mass is 35.5. The molecule has 0 atom stereocenters. The number of anilines is 2. The number of imidazole rings is 1. The third-order valence-corrected chi connectivity index (χ3v) is 8.91. The van der Waals surface area contributed by atoms with Gasteiger partial charge in [0.25, 0.3) is 5.91 Å². The van der Waals surface area contributed by atoms with E-state index in [1.54, 1.807) is 23.7 Å². The molecule has 2 heterocycles. The van der Waals surface area contributed by atoms with Crippen molar-refractivity contribution in [3.05, 3.63) is 40.4 Å². The maximum atomic E-state index is 13.3. The predicted molar refractivity (Wildman–Crippen MR) is 159 cm³/mol. The minimum atomic E-state index is -4.63. The van der Waals surface area contributed by atoms with E-state index in [9.17, 15) is 41.0 Å². The molecule has 0 aliphatic heterocycles. The van der Waals surface area contributed by atoms with Gasteiger partial charge in [-0.15, -0.1) is 0 Å². The number of fused-ring (bicyclic) bond motifs is 1. The Labute approximate surface area is 270 Å². The molecule has 3 aromatic rings. The summed E-state index contributed by atoms with van der Waals surface area (Å²) in [6.07, 6.45) is -9.01. The molecule has 0 saturated heterocycles. The minimum absolute atomic E-state index is 0.0149. The van der Waals surface area contributed by atoms with E-state index in [2.05, 4.69) is 25.9 Å². The molecular formula is C30H33ClF6N6O4. The van der Waals surface area contributed by atoms with Gasteiger partial charge in [-0.3, -0.25) is 14.2 Å². The highest BCUT2D eigenvalue weighted by Crippen LogP contribution is 2.57. The van der Waals surface area contributed by atoms with Crippen LogP contribution in [0.15, 0.2) is 24.3 Å².